The van der Waals surface area contributed by atoms with E-state index in [2.05, 4.69) is 24.8 Å². The number of hydrogen-bond acceptors (Lipinski definition) is 1. The van der Waals surface area contributed by atoms with Gasteiger partial charge in [0.15, 0.2) is 0 Å². The zero-order chi connectivity index (χ0) is 13.7. The average molecular weight is 261 g/mol. The first-order valence-electron chi connectivity index (χ1n) is 6.92. The minimum atomic E-state index is 0.0776. The van der Waals surface area contributed by atoms with E-state index in [1.165, 1.54) is 11.1 Å². The standard InChI is InChI=1S/C18H15NO/c1-12-17(13-7-3-2-4-8-13)16-11-14-9-5-6-10-15(14)19(16)18(12)20/h2-10,16-17H,1,11H2/t16-,17-/m0/s1. The van der Waals surface area contributed by atoms with Gasteiger partial charge in [-0.25, -0.2) is 0 Å². The van der Waals surface area contributed by atoms with Crippen LogP contribution in [-0.4, -0.2) is 11.9 Å². The van der Waals surface area contributed by atoms with E-state index in [0.717, 1.165) is 17.7 Å². The highest BCUT2D eigenvalue weighted by Gasteiger charge is 2.48. The van der Waals surface area contributed by atoms with E-state index in [0.29, 0.717) is 0 Å². The second-order valence-corrected chi connectivity index (χ2v) is 5.49. The molecule has 2 aromatic rings. The number of amides is 1. The Labute approximate surface area is 118 Å². The summed E-state index contributed by atoms with van der Waals surface area (Å²) >= 11 is 0. The number of carbonyl (C=O) groups excluding carboxylic acids is 1. The van der Waals surface area contributed by atoms with Gasteiger partial charge in [-0.15, -0.1) is 0 Å². The predicted octanol–water partition coefficient (Wildman–Crippen LogP) is 3.30. The minimum absolute atomic E-state index is 0.0776. The Balaban J connectivity index is 1.83. The van der Waals surface area contributed by atoms with Crippen LogP contribution in [-0.2, 0) is 11.2 Å². The van der Waals surface area contributed by atoms with Crippen LogP contribution in [0.1, 0.15) is 17.0 Å². The van der Waals surface area contributed by atoms with Crippen LogP contribution in [0.25, 0.3) is 0 Å². The Hall–Kier alpha value is -2.35. The van der Waals surface area contributed by atoms with Crippen molar-refractivity contribution < 1.29 is 4.79 Å². The van der Waals surface area contributed by atoms with E-state index in [-0.39, 0.29) is 17.9 Å². The summed E-state index contributed by atoms with van der Waals surface area (Å²) in [5.41, 5.74) is 4.23. The van der Waals surface area contributed by atoms with Crippen LogP contribution in [0.3, 0.4) is 0 Å². The molecule has 0 unspecified atom stereocenters. The maximum atomic E-state index is 12.6. The minimum Gasteiger partial charge on any atom is -0.304 e. The molecule has 0 radical (unpaired) electrons. The number of rotatable bonds is 1. The highest BCUT2D eigenvalue weighted by molar-refractivity contribution is 6.11. The highest BCUT2D eigenvalue weighted by Crippen LogP contribution is 2.47. The Morgan fingerprint density at radius 3 is 2.50 bits per heavy atom. The van der Waals surface area contributed by atoms with Gasteiger partial charge < -0.3 is 4.90 Å². The van der Waals surface area contributed by atoms with Crippen molar-refractivity contribution in [1.29, 1.82) is 0 Å². The molecule has 0 spiro atoms. The molecule has 2 heteroatoms. The third-order valence-corrected chi connectivity index (χ3v) is 4.42. The van der Waals surface area contributed by atoms with Gasteiger partial charge in [-0.3, -0.25) is 4.79 Å². The molecule has 2 aromatic carbocycles. The normalized spacial score (nSPS) is 23.9. The first-order chi connectivity index (χ1) is 9.77. The molecule has 0 aliphatic carbocycles. The molecule has 2 atom stereocenters. The monoisotopic (exact) mass is 261 g/mol. The summed E-state index contributed by atoms with van der Waals surface area (Å²) in [5, 5.41) is 0. The summed E-state index contributed by atoms with van der Waals surface area (Å²) < 4.78 is 0. The van der Waals surface area contributed by atoms with Crippen molar-refractivity contribution in [2.75, 3.05) is 4.90 Å². The lowest BCUT2D eigenvalue weighted by Crippen LogP contribution is -2.31. The molecular formula is C18H15NO. The van der Waals surface area contributed by atoms with E-state index in [4.69, 9.17) is 0 Å². The lowest BCUT2D eigenvalue weighted by atomic mass is 9.87. The van der Waals surface area contributed by atoms with Crippen molar-refractivity contribution in [1.82, 2.24) is 0 Å². The molecule has 98 valence electrons. The van der Waals surface area contributed by atoms with Gasteiger partial charge in [-0.1, -0.05) is 55.1 Å². The molecule has 2 aliphatic heterocycles. The van der Waals surface area contributed by atoms with E-state index in [1.54, 1.807) is 0 Å². The Morgan fingerprint density at radius 1 is 1.00 bits per heavy atom. The van der Waals surface area contributed by atoms with Crippen LogP contribution >= 0.6 is 0 Å². The number of fused-ring (bicyclic) bond motifs is 3. The van der Waals surface area contributed by atoms with Gasteiger partial charge in [-0.05, 0) is 23.6 Å². The van der Waals surface area contributed by atoms with E-state index < -0.39 is 0 Å². The molecule has 4 rings (SSSR count). The number of carbonyl (C=O) groups is 1. The number of para-hydroxylation sites is 1. The van der Waals surface area contributed by atoms with Crippen molar-refractivity contribution in [3.05, 3.63) is 77.9 Å². The lowest BCUT2D eigenvalue weighted by Gasteiger charge is -2.20. The fraction of sp³-hybridized carbons (Fsp3) is 0.167. The molecule has 0 saturated carbocycles. The third kappa shape index (κ3) is 1.42. The van der Waals surface area contributed by atoms with Crippen molar-refractivity contribution in [2.24, 2.45) is 0 Å². The van der Waals surface area contributed by atoms with Crippen LogP contribution < -0.4 is 4.90 Å². The molecule has 2 nitrogen and oxygen atoms in total. The molecule has 20 heavy (non-hydrogen) atoms. The first kappa shape index (κ1) is 11.5. The van der Waals surface area contributed by atoms with Gasteiger partial charge in [0, 0.05) is 17.2 Å². The smallest absolute Gasteiger partial charge is 0.254 e. The number of benzene rings is 2. The molecular weight excluding hydrogens is 246 g/mol. The molecule has 1 amide bonds. The molecule has 0 N–H and O–H groups in total. The Kier molecular flexibility index (Phi) is 2.34. The van der Waals surface area contributed by atoms with Crippen molar-refractivity contribution in [3.63, 3.8) is 0 Å². The zero-order valence-corrected chi connectivity index (χ0v) is 11.1. The van der Waals surface area contributed by atoms with Gasteiger partial charge in [0.25, 0.3) is 5.91 Å². The molecule has 1 fully saturated rings. The molecule has 2 heterocycles. The number of nitrogens with zero attached hydrogens (tertiary/aromatic N) is 1. The average Bonchev–Trinajstić information content (AvgIpc) is 2.96. The van der Waals surface area contributed by atoms with Crippen molar-refractivity contribution >= 4 is 11.6 Å². The van der Waals surface area contributed by atoms with Crippen LogP contribution in [0.15, 0.2) is 66.7 Å². The van der Waals surface area contributed by atoms with Gasteiger partial charge in [0.1, 0.15) is 0 Å². The van der Waals surface area contributed by atoms with E-state index in [9.17, 15) is 4.79 Å². The second kappa shape index (κ2) is 4.07. The summed E-state index contributed by atoms with van der Waals surface area (Å²) in [6, 6.07) is 18.6. The summed E-state index contributed by atoms with van der Waals surface area (Å²) in [6.07, 6.45) is 0.917. The SMILES string of the molecule is C=C1C(=O)N2c3ccccc3C[C@H]2[C@@H]1c1ccccc1. The summed E-state index contributed by atoms with van der Waals surface area (Å²) in [4.78, 5) is 14.5. The second-order valence-electron chi connectivity index (χ2n) is 5.49. The van der Waals surface area contributed by atoms with Crippen LogP contribution in [0.2, 0.25) is 0 Å². The fourth-order valence-electron chi connectivity index (χ4n) is 3.54. The topological polar surface area (TPSA) is 20.3 Å². The van der Waals surface area contributed by atoms with Crippen LogP contribution in [0, 0.1) is 0 Å². The van der Waals surface area contributed by atoms with Gasteiger partial charge in [0.2, 0.25) is 0 Å². The summed E-state index contributed by atoms with van der Waals surface area (Å²) in [7, 11) is 0. The van der Waals surface area contributed by atoms with E-state index >= 15 is 0 Å². The highest BCUT2D eigenvalue weighted by atomic mass is 16.2. The quantitative estimate of drug-likeness (QED) is 0.721. The lowest BCUT2D eigenvalue weighted by molar-refractivity contribution is -0.114. The Bertz CT molecular complexity index is 698. The number of hydrogen-bond donors (Lipinski definition) is 0. The van der Waals surface area contributed by atoms with Crippen LogP contribution in [0.5, 0.6) is 0 Å². The van der Waals surface area contributed by atoms with Crippen LogP contribution in [0.4, 0.5) is 5.69 Å². The Morgan fingerprint density at radius 2 is 1.70 bits per heavy atom. The van der Waals surface area contributed by atoms with Crippen molar-refractivity contribution in [3.8, 4) is 0 Å². The number of anilines is 1. The van der Waals surface area contributed by atoms with E-state index in [1.807, 2.05) is 41.3 Å². The largest absolute Gasteiger partial charge is 0.304 e. The van der Waals surface area contributed by atoms with Gasteiger partial charge in [-0.2, -0.15) is 0 Å². The first-order valence-corrected chi connectivity index (χ1v) is 6.92. The molecule has 0 bridgehead atoms. The van der Waals surface area contributed by atoms with Gasteiger partial charge in [0.05, 0.1) is 6.04 Å². The summed E-state index contributed by atoms with van der Waals surface area (Å²) in [5.74, 6) is 0.185. The maximum Gasteiger partial charge on any atom is 0.254 e. The molecule has 2 aliphatic rings. The molecule has 0 aromatic heterocycles. The third-order valence-electron chi connectivity index (χ3n) is 4.42. The van der Waals surface area contributed by atoms with Crippen molar-refractivity contribution in [2.45, 2.75) is 18.4 Å². The predicted molar refractivity (Wildman–Crippen MR) is 79.7 cm³/mol. The van der Waals surface area contributed by atoms with Gasteiger partial charge >= 0.3 is 0 Å². The zero-order valence-electron chi connectivity index (χ0n) is 11.1. The maximum absolute atomic E-state index is 12.6. The molecule has 1 saturated heterocycles. The fourth-order valence-corrected chi connectivity index (χ4v) is 3.54. The summed E-state index contributed by atoms with van der Waals surface area (Å²) in [6.45, 7) is 4.06.